The second-order valence-corrected chi connectivity index (χ2v) is 4.02. The Bertz CT molecular complexity index is 415. The molecule has 0 radical (unpaired) electrons. The van der Waals surface area contributed by atoms with Gasteiger partial charge >= 0.3 is 0 Å². The van der Waals surface area contributed by atoms with Crippen LogP contribution >= 0.6 is 15.9 Å². The molecule has 0 saturated heterocycles. The van der Waals surface area contributed by atoms with E-state index in [1.807, 2.05) is 6.92 Å². The van der Waals surface area contributed by atoms with E-state index in [1.165, 1.54) is 0 Å². The van der Waals surface area contributed by atoms with E-state index in [-0.39, 0.29) is 15.8 Å². The molecule has 0 bridgehead atoms. The van der Waals surface area contributed by atoms with E-state index in [2.05, 4.69) is 21.2 Å². The van der Waals surface area contributed by atoms with Crippen LogP contribution in [0, 0.1) is 15.9 Å². The van der Waals surface area contributed by atoms with Gasteiger partial charge < -0.3 is 10.1 Å². The fraction of sp³-hybridized carbons (Fsp3) is 0.400. The maximum Gasteiger partial charge on any atom is 0.293 e. The highest BCUT2D eigenvalue weighted by atomic mass is 79.9. The number of halogens is 2. The van der Waals surface area contributed by atoms with Gasteiger partial charge in [0.05, 0.1) is 16.0 Å². The van der Waals surface area contributed by atoms with Gasteiger partial charge in [0.2, 0.25) is 0 Å². The summed E-state index contributed by atoms with van der Waals surface area (Å²) in [5.41, 5.74) is -0.0230. The number of hydrogen-bond acceptors (Lipinski definition) is 4. The first-order valence-electron chi connectivity index (χ1n) is 5.01. The van der Waals surface area contributed by atoms with Gasteiger partial charge in [0, 0.05) is 25.3 Å². The highest BCUT2D eigenvalue weighted by Gasteiger charge is 2.16. The van der Waals surface area contributed by atoms with Crippen LogP contribution in [0.2, 0.25) is 0 Å². The van der Waals surface area contributed by atoms with E-state index < -0.39 is 10.7 Å². The molecule has 1 aromatic rings. The molecule has 0 aromatic heterocycles. The summed E-state index contributed by atoms with van der Waals surface area (Å²) in [5.74, 6) is -0.547. The molecule has 0 amide bonds. The van der Waals surface area contributed by atoms with Gasteiger partial charge in [-0.05, 0) is 22.9 Å². The third kappa shape index (κ3) is 3.94. The number of nitrogens with zero attached hydrogens (tertiary/aromatic N) is 1. The number of benzene rings is 1. The van der Waals surface area contributed by atoms with Crippen molar-refractivity contribution in [2.75, 3.05) is 25.1 Å². The molecule has 0 atom stereocenters. The lowest BCUT2D eigenvalue weighted by Crippen LogP contribution is -2.10. The zero-order chi connectivity index (χ0) is 12.8. The van der Waals surface area contributed by atoms with Crippen LogP contribution in [0.25, 0.3) is 0 Å². The van der Waals surface area contributed by atoms with E-state index in [0.29, 0.717) is 19.8 Å². The first-order chi connectivity index (χ1) is 8.06. The van der Waals surface area contributed by atoms with E-state index in [1.54, 1.807) is 0 Å². The Labute approximate surface area is 106 Å². The minimum absolute atomic E-state index is 0.0690. The molecule has 0 saturated carbocycles. The Kier molecular flexibility index (Phi) is 5.30. The number of nitrogens with one attached hydrogen (secondary N) is 1. The number of nitro benzene ring substituents is 1. The molecule has 7 heteroatoms. The van der Waals surface area contributed by atoms with Crippen LogP contribution < -0.4 is 5.32 Å². The van der Waals surface area contributed by atoms with Gasteiger partial charge in [-0.15, -0.1) is 0 Å². The van der Waals surface area contributed by atoms with Crippen molar-refractivity contribution in [2.24, 2.45) is 0 Å². The molecular formula is C10H12BrFN2O3. The molecule has 1 rings (SSSR count). The molecule has 17 heavy (non-hydrogen) atoms. The number of rotatable bonds is 6. The average Bonchev–Trinajstić information content (AvgIpc) is 2.28. The van der Waals surface area contributed by atoms with Crippen LogP contribution in [0.1, 0.15) is 6.92 Å². The fourth-order valence-corrected chi connectivity index (χ4v) is 1.56. The zero-order valence-corrected chi connectivity index (χ0v) is 10.8. The summed E-state index contributed by atoms with van der Waals surface area (Å²) in [7, 11) is 0. The lowest BCUT2D eigenvalue weighted by molar-refractivity contribution is -0.384. The highest BCUT2D eigenvalue weighted by molar-refractivity contribution is 9.10. The summed E-state index contributed by atoms with van der Waals surface area (Å²) in [4.78, 5) is 10.2. The Balaban J connectivity index is 2.81. The summed E-state index contributed by atoms with van der Waals surface area (Å²) in [6.45, 7) is 3.21. The standard InChI is InChI=1S/C10H12BrFN2O3/c1-2-17-4-3-13-9-6-8(12)7(11)5-10(9)14(15)16/h5-6,13H,2-4H2,1H3. The van der Waals surface area contributed by atoms with Crippen molar-refractivity contribution in [1.29, 1.82) is 0 Å². The monoisotopic (exact) mass is 306 g/mol. The molecular weight excluding hydrogens is 295 g/mol. The predicted octanol–water partition coefficient (Wildman–Crippen LogP) is 2.94. The lowest BCUT2D eigenvalue weighted by Gasteiger charge is -2.08. The van der Waals surface area contributed by atoms with Crippen molar-refractivity contribution in [1.82, 2.24) is 0 Å². The van der Waals surface area contributed by atoms with E-state index in [4.69, 9.17) is 4.74 Å². The molecule has 1 aromatic carbocycles. The smallest absolute Gasteiger partial charge is 0.293 e. The largest absolute Gasteiger partial charge is 0.380 e. The van der Waals surface area contributed by atoms with Crippen LogP contribution in [-0.2, 0) is 4.74 Å². The van der Waals surface area contributed by atoms with Crippen molar-refractivity contribution in [3.8, 4) is 0 Å². The van der Waals surface area contributed by atoms with Crippen LogP contribution in [0.15, 0.2) is 16.6 Å². The van der Waals surface area contributed by atoms with Crippen molar-refractivity contribution >= 4 is 27.3 Å². The third-order valence-electron chi connectivity index (χ3n) is 2.00. The minimum Gasteiger partial charge on any atom is -0.380 e. The first-order valence-corrected chi connectivity index (χ1v) is 5.80. The molecule has 0 fully saturated rings. The molecule has 0 aliphatic carbocycles. The minimum atomic E-state index is -0.562. The Morgan fingerprint density at radius 3 is 2.88 bits per heavy atom. The molecule has 1 N–H and O–H groups in total. The Morgan fingerprint density at radius 2 is 2.29 bits per heavy atom. The molecule has 5 nitrogen and oxygen atoms in total. The predicted molar refractivity (Wildman–Crippen MR) is 65.7 cm³/mol. The molecule has 0 heterocycles. The summed E-state index contributed by atoms with van der Waals surface area (Å²) >= 11 is 2.91. The molecule has 0 aliphatic heterocycles. The Morgan fingerprint density at radius 1 is 1.59 bits per heavy atom. The molecule has 0 aliphatic rings. The van der Waals surface area contributed by atoms with Crippen molar-refractivity contribution < 1.29 is 14.1 Å². The van der Waals surface area contributed by atoms with Gasteiger partial charge in [-0.25, -0.2) is 4.39 Å². The maximum atomic E-state index is 13.3. The number of anilines is 1. The van der Waals surface area contributed by atoms with Gasteiger partial charge in [0.25, 0.3) is 5.69 Å². The first kappa shape index (κ1) is 13.9. The quantitative estimate of drug-likeness (QED) is 0.498. The second kappa shape index (κ2) is 6.51. The van der Waals surface area contributed by atoms with E-state index >= 15 is 0 Å². The number of hydrogen-bond donors (Lipinski definition) is 1. The normalized spacial score (nSPS) is 10.3. The van der Waals surface area contributed by atoms with E-state index in [0.717, 1.165) is 12.1 Å². The summed E-state index contributed by atoms with van der Waals surface area (Å²) in [5, 5.41) is 13.5. The SMILES string of the molecule is CCOCCNc1cc(F)c(Br)cc1[N+](=O)[O-]. The van der Waals surface area contributed by atoms with Crippen LogP contribution in [-0.4, -0.2) is 24.7 Å². The second-order valence-electron chi connectivity index (χ2n) is 3.16. The summed E-state index contributed by atoms with van der Waals surface area (Å²) < 4.78 is 18.4. The van der Waals surface area contributed by atoms with Gasteiger partial charge in [-0.3, -0.25) is 10.1 Å². The number of ether oxygens (including phenoxy) is 1. The van der Waals surface area contributed by atoms with Crippen LogP contribution in [0.4, 0.5) is 15.8 Å². The van der Waals surface area contributed by atoms with Gasteiger partial charge in [-0.1, -0.05) is 0 Å². The van der Waals surface area contributed by atoms with E-state index in [9.17, 15) is 14.5 Å². The molecule has 0 unspecified atom stereocenters. The zero-order valence-electron chi connectivity index (χ0n) is 9.20. The maximum absolute atomic E-state index is 13.3. The van der Waals surface area contributed by atoms with Crippen molar-refractivity contribution in [2.45, 2.75) is 6.92 Å². The number of nitro groups is 1. The molecule has 0 spiro atoms. The molecule has 94 valence electrons. The summed E-state index contributed by atoms with van der Waals surface area (Å²) in [6, 6.07) is 2.23. The topological polar surface area (TPSA) is 64.4 Å². The van der Waals surface area contributed by atoms with Crippen molar-refractivity contribution in [3.63, 3.8) is 0 Å². The Hall–Kier alpha value is -1.21. The summed E-state index contributed by atoms with van der Waals surface area (Å²) in [6.07, 6.45) is 0. The van der Waals surface area contributed by atoms with Gasteiger partial charge in [0.15, 0.2) is 0 Å². The van der Waals surface area contributed by atoms with Crippen LogP contribution in [0.5, 0.6) is 0 Å². The highest BCUT2D eigenvalue weighted by Crippen LogP contribution is 2.30. The third-order valence-corrected chi connectivity index (χ3v) is 2.61. The van der Waals surface area contributed by atoms with Crippen molar-refractivity contribution in [3.05, 3.63) is 32.5 Å². The average molecular weight is 307 g/mol. The van der Waals surface area contributed by atoms with Crippen LogP contribution in [0.3, 0.4) is 0 Å². The van der Waals surface area contributed by atoms with Gasteiger partial charge in [0.1, 0.15) is 11.5 Å². The van der Waals surface area contributed by atoms with Gasteiger partial charge in [-0.2, -0.15) is 0 Å². The lowest BCUT2D eigenvalue weighted by atomic mass is 10.2. The fourth-order valence-electron chi connectivity index (χ4n) is 1.23.